The fourth-order valence-corrected chi connectivity index (χ4v) is 4.21. The fraction of sp³-hybridized carbons (Fsp3) is 0.160. The Labute approximate surface area is 204 Å². The van der Waals surface area contributed by atoms with Crippen LogP contribution in [-0.4, -0.2) is 33.7 Å². The number of nitriles is 1. The molecule has 0 fully saturated rings. The van der Waals surface area contributed by atoms with Crippen molar-refractivity contribution in [1.82, 2.24) is 5.32 Å². The normalized spacial score (nSPS) is 11.3. The summed E-state index contributed by atoms with van der Waals surface area (Å²) in [6.45, 7) is 2.08. The number of aryl methyl sites for hydroxylation is 1. The zero-order valence-corrected chi connectivity index (χ0v) is 20.1. The molecule has 0 aliphatic heterocycles. The molecule has 0 aromatic heterocycles. The van der Waals surface area contributed by atoms with Crippen molar-refractivity contribution in [3.8, 4) is 11.8 Å². The molecule has 0 bridgehead atoms. The standard InChI is InChI=1S/C25H25N5O4S/c1-18-12-13-20(35(32,33)30-21-10-6-7-11-24(21)34-2)16-22(18)28-29-23(17-26)25(31)27-15-14-19-8-4-3-5-9-19/h3-13,16,28,30H,14-15H2,1-2H3,(H,27,31). The van der Waals surface area contributed by atoms with Crippen molar-refractivity contribution in [2.45, 2.75) is 18.2 Å². The average molecular weight is 492 g/mol. The molecule has 1 amide bonds. The smallest absolute Gasteiger partial charge is 0.282 e. The number of nitrogens with zero attached hydrogens (tertiary/aromatic N) is 2. The zero-order chi connectivity index (χ0) is 25.3. The highest BCUT2D eigenvalue weighted by Crippen LogP contribution is 2.27. The van der Waals surface area contributed by atoms with E-state index in [2.05, 4.69) is 20.6 Å². The van der Waals surface area contributed by atoms with Gasteiger partial charge in [0.25, 0.3) is 15.9 Å². The lowest BCUT2D eigenvalue weighted by Crippen LogP contribution is -2.32. The first-order valence-corrected chi connectivity index (χ1v) is 12.1. The Balaban J connectivity index is 1.71. The van der Waals surface area contributed by atoms with Crippen LogP contribution in [0, 0.1) is 18.3 Å². The van der Waals surface area contributed by atoms with Crippen molar-refractivity contribution in [2.75, 3.05) is 23.8 Å². The topological polar surface area (TPSA) is 133 Å². The van der Waals surface area contributed by atoms with Gasteiger partial charge in [-0.3, -0.25) is 14.9 Å². The van der Waals surface area contributed by atoms with Gasteiger partial charge in [0.1, 0.15) is 11.8 Å². The number of hydrogen-bond donors (Lipinski definition) is 3. The molecule has 9 nitrogen and oxygen atoms in total. The van der Waals surface area contributed by atoms with Crippen molar-refractivity contribution in [3.05, 3.63) is 83.9 Å². The summed E-state index contributed by atoms with van der Waals surface area (Å²) in [6.07, 6.45) is 0.608. The number of sulfonamides is 1. The summed E-state index contributed by atoms with van der Waals surface area (Å²) in [5, 5.41) is 15.9. The second kappa shape index (κ2) is 11.7. The highest BCUT2D eigenvalue weighted by atomic mass is 32.2. The van der Waals surface area contributed by atoms with E-state index in [1.807, 2.05) is 30.3 Å². The number of hydrogen-bond acceptors (Lipinski definition) is 7. The van der Waals surface area contributed by atoms with E-state index in [4.69, 9.17) is 4.74 Å². The number of para-hydroxylation sites is 2. The minimum atomic E-state index is -3.95. The van der Waals surface area contributed by atoms with Crippen LogP contribution in [0.2, 0.25) is 0 Å². The third-order valence-electron chi connectivity index (χ3n) is 5.02. The largest absolute Gasteiger partial charge is 0.495 e. The third-order valence-corrected chi connectivity index (χ3v) is 6.39. The van der Waals surface area contributed by atoms with Gasteiger partial charge in [0, 0.05) is 6.54 Å². The molecular weight excluding hydrogens is 466 g/mol. The minimum absolute atomic E-state index is 0.0301. The molecule has 0 aliphatic rings. The van der Waals surface area contributed by atoms with Crippen LogP contribution in [0.3, 0.4) is 0 Å². The van der Waals surface area contributed by atoms with Gasteiger partial charge in [0.2, 0.25) is 5.71 Å². The van der Waals surface area contributed by atoms with E-state index in [0.29, 0.717) is 35.7 Å². The van der Waals surface area contributed by atoms with Crippen LogP contribution >= 0.6 is 0 Å². The lowest BCUT2D eigenvalue weighted by Gasteiger charge is -2.13. The van der Waals surface area contributed by atoms with Crippen LogP contribution in [0.1, 0.15) is 11.1 Å². The Hall–Kier alpha value is -4.36. The second-order valence-electron chi connectivity index (χ2n) is 7.46. The predicted octanol–water partition coefficient (Wildman–Crippen LogP) is 3.45. The van der Waals surface area contributed by atoms with Crippen molar-refractivity contribution in [1.29, 1.82) is 5.26 Å². The Morgan fingerprint density at radius 1 is 1.03 bits per heavy atom. The van der Waals surface area contributed by atoms with E-state index in [-0.39, 0.29) is 10.6 Å². The van der Waals surface area contributed by atoms with Gasteiger partial charge in [0.15, 0.2) is 0 Å². The lowest BCUT2D eigenvalue weighted by molar-refractivity contribution is -0.114. The molecule has 0 unspecified atom stereocenters. The van der Waals surface area contributed by atoms with Crippen LogP contribution < -0.4 is 20.2 Å². The zero-order valence-electron chi connectivity index (χ0n) is 19.3. The van der Waals surface area contributed by atoms with Crippen LogP contribution in [0.4, 0.5) is 11.4 Å². The molecule has 0 spiro atoms. The molecule has 3 aromatic rings. The maximum atomic E-state index is 12.9. The monoisotopic (exact) mass is 491 g/mol. The molecule has 0 aliphatic carbocycles. The number of carbonyl (C=O) groups excluding carboxylic acids is 1. The number of benzene rings is 3. The molecule has 180 valence electrons. The first-order chi connectivity index (χ1) is 16.8. The molecule has 35 heavy (non-hydrogen) atoms. The molecule has 10 heteroatoms. The summed E-state index contributed by atoms with van der Waals surface area (Å²) in [4.78, 5) is 12.3. The summed E-state index contributed by atoms with van der Waals surface area (Å²) in [6, 6.07) is 22.4. The highest BCUT2D eigenvalue weighted by molar-refractivity contribution is 7.92. The quantitative estimate of drug-likeness (QED) is 0.294. The Bertz CT molecular complexity index is 1370. The Kier molecular flexibility index (Phi) is 8.43. The number of ether oxygens (including phenoxy) is 1. The average Bonchev–Trinajstić information content (AvgIpc) is 2.86. The van der Waals surface area contributed by atoms with E-state index in [1.165, 1.54) is 19.2 Å². The molecule has 0 heterocycles. The SMILES string of the molecule is COc1ccccc1NS(=O)(=O)c1ccc(C)c(NN=C(C#N)C(=O)NCCc2ccccc2)c1. The van der Waals surface area contributed by atoms with E-state index >= 15 is 0 Å². The summed E-state index contributed by atoms with van der Waals surface area (Å²) in [5.74, 6) is -0.252. The summed E-state index contributed by atoms with van der Waals surface area (Å²) in [5.41, 5.74) is 4.61. The molecule has 0 saturated heterocycles. The van der Waals surface area contributed by atoms with E-state index < -0.39 is 15.9 Å². The second-order valence-corrected chi connectivity index (χ2v) is 9.14. The Morgan fingerprint density at radius 3 is 2.46 bits per heavy atom. The Morgan fingerprint density at radius 2 is 1.74 bits per heavy atom. The number of methoxy groups -OCH3 is 1. The van der Waals surface area contributed by atoms with Crippen molar-refractivity contribution >= 4 is 33.0 Å². The molecular formula is C25H25N5O4S. The van der Waals surface area contributed by atoms with Crippen LogP contribution in [-0.2, 0) is 21.2 Å². The number of anilines is 2. The minimum Gasteiger partial charge on any atom is -0.495 e. The maximum absolute atomic E-state index is 12.9. The maximum Gasteiger partial charge on any atom is 0.282 e. The van der Waals surface area contributed by atoms with E-state index in [9.17, 15) is 18.5 Å². The first-order valence-electron chi connectivity index (χ1n) is 10.7. The van der Waals surface area contributed by atoms with Gasteiger partial charge in [-0.2, -0.15) is 10.4 Å². The van der Waals surface area contributed by atoms with Crippen LogP contribution in [0.5, 0.6) is 5.75 Å². The molecule has 0 saturated carbocycles. The summed E-state index contributed by atoms with van der Waals surface area (Å²) >= 11 is 0. The van der Waals surface area contributed by atoms with Gasteiger partial charge in [-0.1, -0.05) is 48.5 Å². The number of nitrogens with one attached hydrogen (secondary N) is 3. The van der Waals surface area contributed by atoms with Gasteiger partial charge in [-0.05, 0) is 48.7 Å². The van der Waals surface area contributed by atoms with E-state index in [1.54, 1.807) is 43.3 Å². The number of rotatable bonds is 10. The molecule has 0 atom stereocenters. The van der Waals surface area contributed by atoms with Crippen LogP contribution in [0.25, 0.3) is 0 Å². The lowest BCUT2D eigenvalue weighted by atomic mass is 10.1. The number of hydrazone groups is 1. The number of carbonyl (C=O) groups is 1. The van der Waals surface area contributed by atoms with Gasteiger partial charge >= 0.3 is 0 Å². The van der Waals surface area contributed by atoms with Gasteiger partial charge in [-0.15, -0.1) is 0 Å². The first kappa shape index (κ1) is 25.3. The predicted molar refractivity (Wildman–Crippen MR) is 135 cm³/mol. The molecule has 3 N–H and O–H groups in total. The van der Waals surface area contributed by atoms with Gasteiger partial charge in [-0.25, -0.2) is 8.42 Å². The third kappa shape index (κ3) is 6.82. The molecule has 3 aromatic carbocycles. The van der Waals surface area contributed by atoms with Gasteiger partial charge < -0.3 is 10.1 Å². The molecule has 3 rings (SSSR count). The molecule has 0 radical (unpaired) electrons. The summed E-state index contributed by atoms with van der Waals surface area (Å²) in [7, 11) is -2.50. The number of amides is 1. The van der Waals surface area contributed by atoms with Crippen molar-refractivity contribution in [3.63, 3.8) is 0 Å². The van der Waals surface area contributed by atoms with Crippen LogP contribution in [0.15, 0.2) is 82.8 Å². The van der Waals surface area contributed by atoms with Crippen molar-refractivity contribution < 1.29 is 17.9 Å². The van der Waals surface area contributed by atoms with Crippen molar-refractivity contribution in [2.24, 2.45) is 5.10 Å². The fourth-order valence-electron chi connectivity index (χ4n) is 3.11. The highest BCUT2D eigenvalue weighted by Gasteiger charge is 2.18. The van der Waals surface area contributed by atoms with E-state index in [0.717, 1.165) is 5.56 Å². The van der Waals surface area contributed by atoms with Gasteiger partial charge in [0.05, 0.1) is 23.4 Å². The summed E-state index contributed by atoms with van der Waals surface area (Å²) < 4.78 is 33.5.